The van der Waals surface area contributed by atoms with Gasteiger partial charge in [0.05, 0.1) is 5.92 Å². The highest BCUT2D eigenvalue weighted by atomic mass is 19.4. The molecule has 0 spiro atoms. The number of amides is 1. The number of alkyl halides is 3. The maximum atomic E-state index is 12.5. The van der Waals surface area contributed by atoms with Crippen molar-refractivity contribution >= 4 is 5.91 Å². The molecule has 1 unspecified atom stereocenters. The maximum Gasteiger partial charge on any atom is 0.406 e. The largest absolute Gasteiger partial charge is 0.406 e. The molecule has 6 heteroatoms. The van der Waals surface area contributed by atoms with E-state index in [2.05, 4.69) is 0 Å². The fourth-order valence-electron chi connectivity index (χ4n) is 1.96. The van der Waals surface area contributed by atoms with Crippen LogP contribution in [0, 0.1) is 11.8 Å². The van der Waals surface area contributed by atoms with E-state index < -0.39 is 24.5 Å². The maximum absolute atomic E-state index is 12.5. The summed E-state index contributed by atoms with van der Waals surface area (Å²) < 4.78 is 37.5. The minimum absolute atomic E-state index is 0.0947. The molecule has 114 valence electrons. The van der Waals surface area contributed by atoms with E-state index in [9.17, 15) is 18.0 Å². The molecule has 0 saturated carbocycles. The molecule has 0 bridgehead atoms. The average molecular weight is 282 g/mol. The van der Waals surface area contributed by atoms with E-state index in [1.165, 1.54) is 0 Å². The van der Waals surface area contributed by atoms with Crippen LogP contribution in [0.4, 0.5) is 13.2 Å². The summed E-state index contributed by atoms with van der Waals surface area (Å²) in [6.45, 7) is 4.79. The molecule has 0 aliphatic heterocycles. The third kappa shape index (κ3) is 8.08. The summed E-state index contributed by atoms with van der Waals surface area (Å²) in [6.07, 6.45) is -2.52. The standard InChI is InChI=1S/C13H25F3N2O/c1-4-5-6-18(9-13(14,15)16)12(19)11(8-17)7-10(2)3/h10-11H,4-9,17H2,1-3H3. The van der Waals surface area contributed by atoms with Crippen LogP contribution in [0.25, 0.3) is 0 Å². The summed E-state index contributed by atoms with van der Waals surface area (Å²) in [7, 11) is 0. The smallest absolute Gasteiger partial charge is 0.333 e. The minimum Gasteiger partial charge on any atom is -0.333 e. The van der Waals surface area contributed by atoms with Gasteiger partial charge in [0.1, 0.15) is 6.54 Å². The lowest BCUT2D eigenvalue weighted by Gasteiger charge is -2.28. The van der Waals surface area contributed by atoms with E-state index in [4.69, 9.17) is 5.73 Å². The topological polar surface area (TPSA) is 46.3 Å². The SMILES string of the molecule is CCCCN(CC(F)(F)F)C(=O)C(CN)CC(C)C. The Hall–Kier alpha value is -0.780. The minimum atomic E-state index is -4.36. The third-order valence-electron chi connectivity index (χ3n) is 2.85. The van der Waals surface area contributed by atoms with Crippen LogP contribution < -0.4 is 5.73 Å². The Kier molecular flexibility index (Phi) is 8.06. The molecule has 19 heavy (non-hydrogen) atoms. The van der Waals surface area contributed by atoms with Crippen LogP contribution in [0.1, 0.15) is 40.0 Å². The summed E-state index contributed by atoms with van der Waals surface area (Å²) >= 11 is 0. The normalized spacial score (nSPS) is 13.7. The molecule has 0 aromatic rings. The zero-order valence-electron chi connectivity index (χ0n) is 12.0. The summed E-state index contributed by atoms with van der Waals surface area (Å²) in [5.41, 5.74) is 5.52. The number of carbonyl (C=O) groups is 1. The van der Waals surface area contributed by atoms with Crippen molar-refractivity contribution in [3.8, 4) is 0 Å². The molecule has 0 saturated heterocycles. The number of hydrogen-bond acceptors (Lipinski definition) is 2. The van der Waals surface area contributed by atoms with Gasteiger partial charge < -0.3 is 10.6 Å². The summed E-state index contributed by atoms with van der Waals surface area (Å²) in [5, 5.41) is 0. The molecule has 1 atom stereocenters. The van der Waals surface area contributed by atoms with Crippen molar-refractivity contribution in [2.45, 2.75) is 46.2 Å². The lowest BCUT2D eigenvalue weighted by Crippen LogP contribution is -2.44. The van der Waals surface area contributed by atoms with Crippen LogP contribution in [0.15, 0.2) is 0 Å². The van der Waals surface area contributed by atoms with Crippen LogP contribution in [-0.2, 0) is 4.79 Å². The van der Waals surface area contributed by atoms with Gasteiger partial charge in [0.2, 0.25) is 5.91 Å². The molecule has 0 rings (SSSR count). The summed E-state index contributed by atoms with van der Waals surface area (Å²) in [5.74, 6) is -0.752. The second-order valence-corrected chi connectivity index (χ2v) is 5.29. The van der Waals surface area contributed by atoms with Crippen molar-refractivity contribution in [3.63, 3.8) is 0 Å². The number of unbranched alkanes of at least 4 members (excludes halogenated alkanes) is 1. The molecule has 1 amide bonds. The monoisotopic (exact) mass is 282 g/mol. The first-order chi connectivity index (χ1) is 8.71. The van der Waals surface area contributed by atoms with Gasteiger partial charge in [0.15, 0.2) is 0 Å². The van der Waals surface area contributed by atoms with Crippen molar-refractivity contribution in [1.29, 1.82) is 0 Å². The Morgan fingerprint density at radius 3 is 2.26 bits per heavy atom. The van der Waals surface area contributed by atoms with Gasteiger partial charge in [0.25, 0.3) is 0 Å². The Labute approximate surface area is 113 Å². The van der Waals surface area contributed by atoms with Crippen LogP contribution in [0.3, 0.4) is 0 Å². The number of halogens is 3. The number of nitrogens with two attached hydrogens (primary N) is 1. The second kappa shape index (κ2) is 8.40. The molecule has 0 aliphatic carbocycles. The quantitative estimate of drug-likeness (QED) is 0.744. The predicted octanol–water partition coefficient (Wildman–Crippen LogP) is 2.80. The van der Waals surface area contributed by atoms with Crippen LogP contribution in [0.2, 0.25) is 0 Å². The van der Waals surface area contributed by atoms with Crippen molar-refractivity contribution in [2.75, 3.05) is 19.6 Å². The van der Waals surface area contributed by atoms with Crippen molar-refractivity contribution in [2.24, 2.45) is 17.6 Å². The predicted molar refractivity (Wildman–Crippen MR) is 69.5 cm³/mol. The van der Waals surface area contributed by atoms with E-state index in [0.717, 1.165) is 11.3 Å². The van der Waals surface area contributed by atoms with Crippen LogP contribution in [0.5, 0.6) is 0 Å². The van der Waals surface area contributed by atoms with E-state index in [1.807, 2.05) is 20.8 Å². The molecule has 0 fully saturated rings. The molecular weight excluding hydrogens is 257 g/mol. The zero-order valence-corrected chi connectivity index (χ0v) is 12.0. The molecule has 0 aromatic carbocycles. The summed E-state index contributed by atoms with van der Waals surface area (Å²) in [4.78, 5) is 13.0. The highest BCUT2D eigenvalue weighted by molar-refractivity contribution is 5.79. The Balaban J connectivity index is 4.75. The molecule has 0 radical (unpaired) electrons. The van der Waals surface area contributed by atoms with Gasteiger partial charge in [-0.15, -0.1) is 0 Å². The Morgan fingerprint density at radius 2 is 1.89 bits per heavy atom. The van der Waals surface area contributed by atoms with Gasteiger partial charge >= 0.3 is 6.18 Å². The fourth-order valence-corrected chi connectivity index (χ4v) is 1.96. The molecule has 0 aromatic heterocycles. The van der Waals surface area contributed by atoms with Crippen molar-refractivity contribution in [1.82, 2.24) is 4.90 Å². The lowest BCUT2D eigenvalue weighted by molar-refractivity contribution is -0.164. The number of nitrogens with zero attached hydrogens (tertiary/aromatic N) is 1. The average Bonchev–Trinajstić information content (AvgIpc) is 2.28. The van der Waals surface area contributed by atoms with E-state index in [0.29, 0.717) is 12.8 Å². The first-order valence-electron chi connectivity index (χ1n) is 6.76. The zero-order chi connectivity index (χ0) is 15.1. The van der Waals surface area contributed by atoms with Gasteiger partial charge in [-0.05, 0) is 18.8 Å². The van der Waals surface area contributed by atoms with Gasteiger partial charge in [-0.25, -0.2) is 0 Å². The number of rotatable bonds is 8. The Morgan fingerprint density at radius 1 is 1.32 bits per heavy atom. The van der Waals surface area contributed by atoms with Crippen molar-refractivity contribution in [3.05, 3.63) is 0 Å². The van der Waals surface area contributed by atoms with Gasteiger partial charge in [-0.1, -0.05) is 27.2 Å². The van der Waals surface area contributed by atoms with Gasteiger partial charge in [-0.3, -0.25) is 4.79 Å². The summed E-state index contributed by atoms with van der Waals surface area (Å²) in [6, 6.07) is 0. The van der Waals surface area contributed by atoms with E-state index in [-0.39, 0.29) is 19.0 Å². The van der Waals surface area contributed by atoms with Gasteiger partial charge in [-0.2, -0.15) is 13.2 Å². The van der Waals surface area contributed by atoms with Gasteiger partial charge in [0, 0.05) is 13.1 Å². The molecule has 2 N–H and O–H groups in total. The highest BCUT2D eigenvalue weighted by Gasteiger charge is 2.34. The first-order valence-corrected chi connectivity index (χ1v) is 6.76. The lowest BCUT2D eigenvalue weighted by atomic mass is 9.95. The first kappa shape index (κ1) is 18.2. The molecular formula is C13H25F3N2O. The third-order valence-corrected chi connectivity index (χ3v) is 2.85. The Bertz CT molecular complexity index is 267. The number of hydrogen-bond donors (Lipinski definition) is 1. The van der Waals surface area contributed by atoms with Crippen LogP contribution in [-0.4, -0.2) is 36.6 Å². The molecule has 3 nitrogen and oxygen atoms in total. The molecule has 0 heterocycles. The van der Waals surface area contributed by atoms with Crippen LogP contribution >= 0.6 is 0 Å². The molecule has 0 aliphatic rings. The van der Waals surface area contributed by atoms with Crippen molar-refractivity contribution < 1.29 is 18.0 Å². The highest BCUT2D eigenvalue weighted by Crippen LogP contribution is 2.20. The fraction of sp³-hybridized carbons (Fsp3) is 0.923. The number of carbonyl (C=O) groups excluding carboxylic acids is 1. The second-order valence-electron chi connectivity index (χ2n) is 5.29. The van der Waals surface area contributed by atoms with E-state index in [1.54, 1.807) is 0 Å². The van der Waals surface area contributed by atoms with E-state index >= 15 is 0 Å².